The normalized spacial score (nSPS) is 13.1. The molecule has 0 aromatic heterocycles. The van der Waals surface area contributed by atoms with Crippen LogP contribution in [0.2, 0.25) is 0 Å². The van der Waals surface area contributed by atoms with Gasteiger partial charge in [0, 0.05) is 6.26 Å². The number of hydrogen-bond acceptors (Lipinski definition) is 6. The lowest BCUT2D eigenvalue weighted by Crippen LogP contribution is -2.18. The Morgan fingerprint density at radius 3 is 2.56 bits per heavy atom. The maximum absolute atomic E-state index is 11.5. The van der Waals surface area contributed by atoms with Crippen LogP contribution in [0.1, 0.15) is 18.6 Å². The summed E-state index contributed by atoms with van der Waals surface area (Å²) in [6.45, 7) is 1.59. The van der Waals surface area contributed by atoms with E-state index in [2.05, 4.69) is 4.74 Å². The molecular formula is C11H14O6S. The molecule has 0 aliphatic heterocycles. The van der Waals surface area contributed by atoms with Gasteiger partial charge in [0.25, 0.3) is 0 Å². The molecule has 1 atom stereocenters. The van der Waals surface area contributed by atoms with E-state index >= 15 is 0 Å². The van der Waals surface area contributed by atoms with E-state index in [1.54, 1.807) is 6.92 Å². The number of ether oxygens (including phenoxy) is 1. The van der Waals surface area contributed by atoms with Gasteiger partial charge in [0.2, 0.25) is 0 Å². The second-order valence-corrected chi connectivity index (χ2v) is 5.60. The van der Waals surface area contributed by atoms with Crippen LogP contribution in [0.3, 0.4) is 0 Å². The number of phenolic OH excluding ortho intramolecular Hbond substituents is 1. The SMILES string of the molecule is CCOC(=O)C(O)c1c(O)cccc1S(C)(=O)=O. The fraction of sp³-hybridized carbons (Fsp3) is 0.364. The lowest BCUT2D eigenvalue weighted by atomic mass is 10.1. The summed E-state index contributed by atoms with van der Waals surface area (Å²) in [4.78, 5) is 11.1. The molecule has 1 aromatic carbocycles. The summed E-state index contributed by atoms with van der Waals surface area (Å²) in [5, 5.41) is 19.4. The molecular weight excluding hydrogens is 260 g/mol. The van der Waals surface area contributed by atoms with E-state index in [-0.39, 0.29) is 17.1 Å². The minimum atomic E-state index is -3.68. The molecule has 1 aromatic rings. The highest BCUT2D eigenvalue weighted by molar-refractivity contribution is 7.90. The molecule has 6 nitrogen and oxygen atoms in total. The third-order valence-corrected chi connectivity index (χ3v) is 3.38. The van der Waals surface area contributed by atoms with Gasteiger partial charge in [0.1, 0.15) is 5.75 Å². The third kappa shape index (κ3) is 2.99. The van der Waals surface area contributed by atoms with E-state index in [4.69, 9.17) is 0 Å². The Labute approximate surface area is 105 Å². The summed E-state index contributed by atoms with van der Waals surface area (Å²) in [5.74, 6) is -1.48. The first-order valence-electron chi connectivity index (χ1n) is 5.15. The van der Waals surface area contributed by atoms with Gasteiger partial charge in [0.15, 0.2) is 15.9 Å². The van der Waals surface area contributed by atoms with E-state index < -0.39 is 27.7 Å². The van der Waals surface area contributed by atoms with Crippen LogP contribution >= 0.6 is 0 Å². The number of esters is 1. The van der Waals surface area contributed by atoms with Gasteiger partial charge in [-0.3, -0.25) is 0 Å². The number of aliphatic hydroxyl groups excluding tert-OH is 1. The van der Waals surface area contributed by atoms with Crippen LogP contribution in [0.25, 0.3) is 0 Å². The first-order chi connectivity index (χ1) is 8.29. The average molecular weight is 274 g/mol. The highest BCUT2D eigenvalue weighted by atomic mass is 32.2. The van der Waals surface area contributed by atoms with Gasteiger partial charge in [-0.25, -0.2) is 13.2 Å². The summed E-state index contributed by atoms with van der Waals surface area (Å²) in [7, 11) is -3.68. The molecule has 0 saturated carbocycles. The Morgan fingerprint density at radius 2 is 2.06 bits per heavy atom. The Kier molecular flexibility index (Phi) is 4.31. The standard InChI is InChI=1S/C11H14O6S/c1-3-17-11(14)10(13)9-7(12)5-4-6-8(9)18(2,15)16/h4-6,10,12-13H,3H2,1-2H3. The smallest absolute Gasteiger partial charge is 0.339 e. The number of aromatic hydroxyl groups is 1. The molecule has 0 spiro atoms. The summed E-state index contributed by atoms with van der Waals surface area (Å²) in [5.41, 5.74) is -0.363. The summed E-state index contributed by atoms with van der Waals surface area (Å²) in [6, 6.07) is 3.70. The van der Waals surface area contributed by atoms with Gasteiger partial charge in [-0.2, -0.15) is 0 Å². The molecule has 7 heteroatoms. The number of sulfone groups is 1. The Bertz CT molecular complexity index is 549. The first kappa shape index (κ1) is 14.5. The number of carbonyl (C=O) groups excluding carboxylic acids is 1. The molecule has 0 amide bonds. The number of aliphatic hydroxyl groups is 1. The maximum atomic E-state index is 11.5. The molecule has 0 bridgehead atoms. The van der Waals surface area contributed by atoms with Crippen LogP contribution in [-0.4, -0.2) is 37.5 Å². The largest absolute Gasteiger partial charge is 0.508 e. The van der Waals surface area contributed by atoms with Gasteiger partial charge in [-0.15, -0.1) is 0 Å². The van der Waals surface area contributed by atoms with Crippen molar-refractivity contribution in [1.82, 2.24) is 0 Å². The molecule has 18 heavy (non-hydrogen) atoms. The van der Waals surface area contributed by atoms with Crippen LogP contribution < -0.4 is 0 Å². The van der Waals surface area contributed by atoms with Crippen molar-refractivity contribution in [3.05, 3.63) is 23.8 Å². The van der Waals surface area contributed by atoms with Crippen molar-refractivity contribution in [3.63, 3.8) is 0 Å². The lowest BCUT2D eigenvalue weighted by Gasteiger charge is -2.14. The molecule has 2 N–H and O–H groups in total. The molecule has 1 unspecified atom stereocenters. The van der Waals surface area contributed by atoms with Crippen LogP contribution in [0, 0.1) is 0 Å². The van der Waals surface area contributed by atoms with Crippen molar-refractivity contribution in [1.29, 1.82) is 0 Å². The lowest BCUT2D eigenvalue weighted by molar-refractivity contribution is -0.153. The molecule has 0 saturated heterocycles. The highest BCUT2D eigenvalue weighted by Crippen LogP contribution is 2.31. The zero-order chi connectivity index (χ0) is 13.9. The quantitative estimate of drug-likeness (QED) is 0.770. The molecule has 0 aliphatic carbocycles. The van der Waals surface area contributed by atoms with Crippen molar-refractivity contribution in [2.75, 3.05) is 12.9 Å². The van der Waals surface area contributed by atoms with Crippen molar-refractivity contribution < 1.29 is 28.2 Å². The first-order valence-corrected chi connectivity index (χ1v) is 7.04. The average Bonchev–Trinajstić information content (AvgIpc) is 2.27. The van der Waals surface area contributed by atoms with Crippen LogP contribution in [-0.2, 0) is 19.4 Å². The van der Waals surface area contributed by atoms with E-state index in [1.807, 2.05) is 0 Å². The zero-order valence-electron chi connectivity index (χ0n) is 9.95. The van der Waals surface area contributed by atoms with E-state index in [1.165, 1.54) is 18.2 Å². The Balaban J connectivity index is 3.35. The number of hydrogen-bond donors (Lipinski definition) is 2. The summed E-state index contributed by atoms with van der Waals surface area (Å²) < 4.78 is 27.6. The van der Waals surface area contributed by atoms with Gasteiger partial charge in [0.05, 0.1) is 17.1 Å². The maximum Gasteiger partial charge on any atom is 0.339 e. The van der Waals surface area contributed by atoms with Crippen LogP contribution in [0.4, 0.5) is 0 Å². The van der Waals surface area contributed by atoms with Crippen molar-refractivity contribution in [2.45, 2.75) is 17.9 Å². The number of phenols is 1. The topological polar surface area (TPSA) is 101 Å². The monoisotopic (exact) mass is 274 g/mol. The predicted octanol–water partition coefficient (Wildman–Crippen LogP) is 0.392. The van der Waals surface area contributed by atoms with E-state index in [9.17, 15) is 23.4 Å². The summed E-state index contributed by atoms with van der Waals surface area (Å²) >= 11 is 0. The Hall–Kier alpha value is -1.60. The van der Waals surface area contributed by atoms with Crippen LogP contribution in [0.5, 0.6) is 5.75 Å². The van der Waals surface area contributed by atoms with Crippen molar-refractivity contribution in [2.24, 2.45) is 0 Å². The van der Waals surface area contributed by atoms with E-state index in [0.29, 0.717) is 0 Å². The third-order valence-electron chi connectivity index (χ3n) is 2.23. The zero-order valence-corrected chi connectivity index (χ0v) is 10.8. The fourth-order valence-electron chi connectivity index (χ4n) is 1.47. The van der Waals surface area contributed by atoms with Gasteiger partial charge < -0.3 is 14.9 Å². The number of carbonyl (C=O) groups is 1. The molecule has 0 aliphatic rings. The van der Waals surface area contributed by atoms with Gasteiger partial charge >= 0.3 is 5.97 Å². The molecule has 1 rings (SSSR count). The molecule has 0 radical (unpaired) electrons. The highest BCUT2D eigenvalue weighted by Gasteiger charge is 2.28. The van der Waals surface area contributed by atoms with Gasteiger partial charge in [-0.05, 0) is 19.1 Å². The Morgan fingerprint density at radius 1 is 1.44 bits per heavy atom. The van der Waals surface area contributed by atoms with Crippen molar-refractivity contribution in [3.8, 4) is 5.75 Å². The molecule has 0 heterocycles. The second-order valence-electron chi connectivity index (χ2n) is 3.62. The predicted molar refractivity (Wildman–Crippen MR) is 62.8 cm³/mol. The summed E-state index contributed by atoms with van der Waals surface area (Å²) in [6.07, 6.45) is -0.917. The number of rotatable bonds is 4. The molecule has 0 fully saturated rings. The molecule has 100 valence electrons. The van der Waals surface area contributed by atoms with Gasteiger partial charge in [-0.1, -0.05) is 6.07 Å². The minimum Gasteiger partial charge on any atom is -0.508 e. The minimum absolute atomic E-state index is 0.0394. The number of benzene rings is 1. The van der Waals surface area contributed by atoms with Crippen LogP contribution in [0.15, 0.2) is 23.1 Å². The second kappa shape index (κ2) is 5.36. The van der Waals surface area contributed by atoms with Crippen molar-refractivity contribution >= 4 is 15.8 Å². The van der Waals surface area contributed by atoms with E-state index in [0.717, 1.165) is 6.26 Å². The fourth-order valence-corrected chi connectivity index (χ4v) is 2.41.